The lowest BCUT2D eigenvalue weighted by molar-refractivity contribution is -0.137. The molecule has 2 aromatic carbocycles. The Morgan fingerprint density at radius 1 is 1.00 bits per heavy atom. The number of fused-ring (bicyclic) bond motifs is 1. The van der Waals surface area contributed by atoms with Crippen LogP contribution in [0.4, 0.5) is 17.6 Å². The van der Waals surface area contributed by atoms with Crippen LogP contribution in [0.15, 0.2) is 48.5 Å². The molecule has 0 amide bonds. The van der Waals surface area contributed by atoms with E-state index in [1.165, 1.54) is 30.3 Å². The third kappa shape index (κ3) is 2.92. The molecule has 1 N–H and O–H groups in total. The Kier molecular flexibility index (Phi) is 3.71. The van der Waals surface area contributed by atoms with Crippen molar-refractivity contribution in [3.8, 4) is 11.3 Å². The zero-order valence-corrected chi connectivity index (χ0v) is 11.9. The predicted molar refractivity (Wildman–Crippen MR) is 79.1 cm³/mol. The summed E-state index contributed by atoms with van der Waals surface area (Å²) in [5.41, 5.74) is -0.790. The Morgan fingerprint density at radius 3 is 2.42 bits per heavy atom. The van der Waals surface area contributed by atoms with E-state index in [-0.39, 0.29) is 16.8 Å². The molecule has 122 valence electrons. The van der Waals surface area contributed by atoms with E-state index in [1.54, 1.807) is 0 Å². The number of alkyl halides is 3. The van der Waals surface area contributed by atoms with E-state index < -0.39 is 23.5 Å². The van der Waals surface area contributed by atoms with Gasteiger partial charge < -0.3 is 5.11 Å². The number of hydrogen-bond donors (Lipinski definition) is 1. The Hall–Kier alpha value is -2.96. The van der Waals surface area contributed by atoms with Crippen LogP contribution in [0.25, 0.3) is 22.2 Å². The highest BCUT2D eigenvalue weighted by atomic mass is 19.4. The van der Waals surface area contributed by atoms with E-state index in [0.29, 0.717) is 23.0 Å². The molecular formula is C17H9F4NO2. The van der Waals surface area contributed by atoms with Gasteiger partial charge in [0.05, 0.1) is 22.3 Å². The molecule has 0 saturated heterocycles. The number of benzene rings is 2. The van der Waals surface area contributed by atoms with Crippen molar-refractivity contribution in [2.75, 3.05) is 0 Å². The molecule has 3 aromatic rings. The van der Waals surface area contributed by atoms with Crippen LogP contribution >= 0.6 is 0 Å². The minimum absolute atomic E-state index is 0.0363. The Morgan fingerprint density at radius 2 is 1.75 bits per heavy atom. The SMILES string of the molecule is O=C(O)c1ccc2nc(-c3cc(C(F)(F)F)ccc3F)ccc2c1. The molecule has 3 rings (SSSR count). The molecule has 0 aliphatic heterocycles. The van der Waals surface area contributed by atoms with Gasteiger partial charge in [0.15, 0.2) is 0 Å². The van der Waals surface area contributed by atoms with Gasteiger partial charge >= 0.3 is 12.1 Å². The van der Waals surface area contributed by atoms with Crippen molar-refractivity contribution in [3.05, 3.63) is 65.5 Å². The van der Waals surface area contributed by atoms with Gasteiger partial charge in [-0.25, -0.2) is 14.2 Å². The van der Waals surface area contributed by atoms with Crippen LogP contribution in [0.1, 0.15) is 15.9 Å². The molecule has 0 atom stereocenters. The first-order valence-electron chi connectivity index (χ1n) is 6.77. The highest BCUT2D eigenvalue weighted by Gasteiger charge is 2.31. The van der Waals surface area contributed by atoms with Crippen LogP contribution in [0.2, 0.25) is 0 Å². The molecular weight excluding hydrogens is 326 g/mol. The Balaban J connectivity index is 2.13. The normalized spacial score (nSPS) is 11.7. The monoisotopic (exact) mass is 335 g/mol. The second kappa shape index (κ2) is 5.59. The zero-order valence-electron chi connectivity index (χ0n) is 11.9. The van der Waals surface area contributed by atoms with Crippen LogP contribution in [0.3, 0.4) is 0 Å². The van der Waals surface area contributed by atoms with E-state index in [2.05, 4.69) is 4.98 Å². The second-order valence-corrected chi connectivity index (χ2v) is 5.10. The van der Waals surface area contributed by atoms with Gasteiger partial charge in [-0.3, -0.25) is 0 Å². The summed E-state index contributed by atoms with van der Waals surface area (Å²) in [5, 5.41) is 9.44. The van der Waals surface area contributed by atoms with Gasteiger partial charge in [-0.15, -0.1) is 0 Å². The van der Waals surface area contributed by atoms with Gasteiger partial charge in [-0.05, 0) is 42.5 Å². The summed E-state index contributed by atoms with van der Waals surface area (Å²) in [5.74, 6) is -1.93. The highest BCUT2D eigenvalue weighted by molar-refractivity contribution is 5.93. The molecule has 0 unspecified atom stereocenters. The van der Waals surface area contributed by atoms with E-state index >= 15 is 0 Å². The summed E-state index contributed by atoms with van der Waals surface area (Å²) >= 11 is 0. The molecule has 0 aliphatic rings. The molecule has 1 aromatic heterocycles. The smallest absolute Gasteiger partial charge is 0.416 e. The lowest BCUT2D eigenvalue weighted by Crippen LogP contribution is -2.05. The number of nitrogens with zero attached hydrogens (tertiary/aromatic N) is 1. The maximum atomic E-state index is 13.9. The number of rotatable bonds is 2. The van der Waals surface area contributed by atoms with E-state index in [4.69, 9.17) is 5.11 Å². The molecule has 7 heteroatoms. The lowest BCUT2D eigenvalue weighted by atomic mass is 10.0. The summed E-state index contributed by atoms with van der Waals surface area (Å²) in [6.45, 7) is 0. The molecule has 1 heterocycles. The van der Waals surface area contributed by atoms with Crippen LogP contribution in [-0.4, -0.2) is 16.1 Å². The maximum absolute atomic E-state index is 13.9. The first-order chi connectivity index (χ1) is 11.3. The first-order valence-corrected chi connectivity index (χ1v) is 6.77. The van der Waals surface area contributed by atoms with Gasteiger partial charge in [0.1, 0.15) is 5.82 Å². The number of carbonyl (C=O) groups is 1. The lowest BCUT2D eigenvalue weighted by Gasteiger charge is -2.10. The minimum Gasteiger partial charge on any atom is -0.478 e. The van der Waals surface area contributed by atoms with E-state index in [1.807, 2.05) is 0 Å². The number of carboxylic acids is 1. The first kappa shape index (κ1) is 15.9. The van der Waals surface area contributed by atoms with Crippen molar-refractivity contribution in [3.63, 3.8) is 0 Å². The number of aromatic nitrogens is 1. The van der Waals surface area contributed by atoms with Gasteiger partial charge in [0, 0.05) is 10.9 Å². The minimum atomic E-state index is -4.59. The van der Waals surface area contributed by atoms with Crippen molar-refractivity contribution in [2.45, 2.75) is 6.18 Å². The average Bonchev–Trinajstić information content (AvgIpc) is 2.53. The maximum Gasteiger partial charge on any atom is 0.416 e. The molecule has 0 spiro atoms. The van der Waals surface area contributed by atoms with E-state index in [9.17, 15) is 22.4 Å². The molecule has 24 heavy (non-hydrogen) atoms. The number of halogens is 4. The molecule has 3 nitrogen and oxygen atoms in total. The standard InChI is InChI=1S/C17H9F4NO2/c18-13-4-3-11(17(19,20)21)8-12(13)15-6-1-9-7-10(16(23)24)2-5-14(9)22-15/h1-8H,(H,23,24). The van der Waals surface area contributed by atoms with E-state index in [0.717, 1.165) is 6.07 Å². The fourth-order valence-corrected chi connectivity index (χ4v) is 2.31. The van der Waals surface area contributed by atoms with Crippen molar-refractivity contribution >= 4 is 16.9 Å². The van der Waals surface area contributed by atoms with Crippen molar-refractivity contribution in [1.29, 1.82) is 0 Å². The van der Waals surface area contributed by atoms with Crippen molar-refractivity contribution in [1.82, 2.24) is 4.98 Å². The molecule has 0 bridgehead atoms. The zero-order chi connectivity index (χ0) is 17.5. The van der Waals surface area contributed by atoms with Gasteiger partial charge in [0.2, 0.25) is 0 Å². The number of pyridine rings is 1. The van der Waals surface area contributed by atoms with Crippen LogP contribution in [-0.2, 0) is 6.18 Å². The quantitative estimate of drug-likeness (QED) is 0.687. The summed E-state index contributed by atoms with van der Waals surface area (Å²) < 4.78 is 52.3. The molecule has 0 aliphatic carbocycles. The van der Waals surface area contributed by atoms with Gasteiger partial charge in [-0.2, -0.15) is 13.2 Å². The van der Waals surface area contributed by atoms with Gasteiger partial charge in [0.25, 0.3) is 0 Å². The number of aromatic carboxylic acids is 1. The second-order valence-electron chi connectivity index (χ2n) is 5.10. The van der Waals surface area contributed by atoms with Gasteiger partial charge in [-0.1, -0.05) is 6.07 Å². The third-order valence-corrected chi connectivity index (χ3v) is 3.51. The van der Waals surface area contributed by atoms with Crippen molar-refractivity contribution < 1.29 is 27.5 Å². The molecule has 0 fully saturated rings. The number of carboxylic acid groups (broad SMARTS) is 1. The number of hydrogen-bond acceptors (Lipinski definition) is 2. The summed E-state index contributed by atoms with van der Waals surface area (Å²) in [6.07, 6.45) is -4.59. The van der Waals surface area contributed by atoms with Crippen LogP contribution < -0.4 is 0 Å². The highest BCUT2D eigenvalue weighted by Crippen LogP contribution is 2.33. The largest absolute Gasteiger partial charge is 0.478 e. The van der Waals surface area contributed by atoms with Crippen molar-refractivity contribution in [2.24, 2.45) is 0 Å². The molecule has 0 radical (unpaired) electrons. The summed E-state index contributed by atoms with van der Waals surface area (Å²) in [7, 11) is 0. The topological polar surface area (TPSA) is 50.2 Å². The van der Waals surface area contributed by atoms with Crippen LogP contribution in [0.5, 0.6) is 0 Å². The average molecular weight is 335 g/mol. The fourth-order valence-electron chi connectivity index (χ4n) is 2.31. The van der Waals surface area contributed by atoms with Crippen LogP contribution in [0, 0.1) is 5.82 Å². The molecule has 0 saturated carbocycles. The predicted octanol–water partition coefficient (Wildman–Crippen LogP) is 4.76. The summed E-state index contributed by atoms with van der Waals surface area (Å²) in [4.78, 5) is 15.1. The summed E-state index contributed by atoms with van der Waals surface area (Å²) in [6, 6.07) is 9.09. The third-order valence-electron chi connectivity index (χ3n) is 3.51. The Bertz CT molecular complexity index is 951. The Labute approximate surface area is 133 Å². The fraction of sp³-hybridized carbons (Fsp3) is 0.0588.